The lowest BCUT2D eigenvalue weighted by Gasteiger charge is -2.40. The monoisotopic (exact) mass is 362 g/mol. The van der Waals surface area contributed by atoms with Crippen LogP contribution in [-0.4, -0.2) is 63.6 Å². The normalized spacial score (nSPS) is 39.4. The molecule has 3 atom stereocenters. The van der Waals surface area contributed by atoms with Crippen molar-refractivity contribution in [3.05, 3.63) is 0 Å². The van der Waals surface area contributed by atoms with E-state index in [1.54, 1.807) is 0 Å². The molecule has 134 valence electrons. The van der Waals surface area contributed by atoms with Gasteiger partial charge in [-0.15, -0.1) is 0 Å². The van der Waals surface area contributed by atoms with Crippen LogP contribution in [0.3, 0.4) is 0 Å². The number of hydrogen-bond donors (Lipinski definition) is 4. The molecule has 1 aliphatic carbocycles. The first kappa shape index (κ1) is 17.9. The number of nitrogens with one attached hydrogen (secondary N) is 4. The summed E-state index contributed by atoms with van der Waals surface area (Å²) in [6.07, 6.45) is 6.63. The molecular weight excluding hydrogens is 332 g/mol. The first-order valence-corrected chi connectivity index (χ1v) is 11.6. The smallest absolute Gasteiger partial charge is 0.150 e. The first-order chi connectivity index (χ1) is 11.0. The number of sulfone groups is 1. The van der Waals surface area contributed by atoms with Crippen molar-refractivity contribution in [1.82, 2.24) is 20.7 Å². The first-order valence-electron chi connectivity index (χ1n) is 8.80. The molecular formula is C15H30N4O2S2. The van der Waals surface area contributed by atoms with E-state index in [-0.39, 0.29) is 5.25 Å². The molecule has 2 saturated heterocycles. The summed E-state index contributed by atoms with van der Waals surface area (Å²) in [7, 11) is -2.87. The van der Waals surface area contributed by atoms with E-state index in [4.69, 9.17) is 0 Å². The van der Waals surface area contributed by atoms with Gasteiger partial charge in [-0.3, -0.25) is 15.4 Å². The zero-order valence-electron chi connectivity index (χ0n) is 13.9. The third-order valence-electron chi connectivity index (χ3n) is 5.43. The van der Waals surface area contributed by atoms with Gasteiger partial charge in [0.25, 0.3) is 0 Å². The quantitative estimate of drug-likeness (QED) is 0.516. The summed E-state index contributed by atoms with van der Waals surface area (Å²) >= 11 is 1.84. The van der Waals surface area contributed by atoms with Crippen LogP contribution in [0.25, 0.3) is 0 Å². The highest BCUT2D eigenvalue weighted by molar-refractivity contribution is 7.98. The van der Waals surface area contributed by atoms with E-state index in [1.165, 1.54) is 12.7 Å². The fourth-order valence-electron chi connectivity index (χ4n) is 3.99. The molecule has 3 aliphatic rings. The molecule has 2 aliphatic heterocycles. The highest BCUT2D eigenvalue weighted by atomic mass is 32.2. The number of hydrogen-bond acceptors (Lipinski definition) is 7. The third-order valence-corrected chi connectivity index (χ3v) is 8.22. The van der Waals surface area contributed by atoms with Crippen molar-refractivity contribution >= 4 is 21.8 Å². The average molecular weight is 363 g/mol. The summed E-state index contributed by atoms with van der Waals surface area (Å²) in [6.45, 7) is 4.09. The van der Waals surface area contributed by atoms with Crippen LogP contribution in [0.15, 0.2) is 0 Å². The fraction of sp³-hybridized carbons (Fsp3) is 1.00. The molecule has 0 bridgehead atoms. The van der Waals surface area contributed by atoms with Crippen LogP contribution in [0.4, 0.5) is 0 Å². The van der Waals surface area contributed by atoms with E-state index in [1.807, 2.05) is 11.9 Å². The Labute approximate surface area is 144 Å². The van der Waals surface area contributed by atoms with Crippen LogP contribution < -0.4 is 20.7 Å². The maximum Gasteiger partial charge on any atom is 0.150 e. The molecule has 3 unspecified atom stereocenters. The summed E-state index contributed by atoms with van der Waals surface area (Å²) in [4.78, 5) is 0. The van der Waals surface area contributed by atoms with Crippen molar-refractivity contribution in [2.75, 3.05) is 32.4 Å². The van der Waals surface area contributed by atoms with Crippen LogP contribution in [0.1, 0.15) is 32.1 Å². The Kier molecular flexibility index (Phi) is 6.25. The van der Waals surface area contributed by atoms with Crippen molar-refractivity contribution in [1.29, 1.82) is 0 Å². The van der Waals surface area contributed by atoms with E-state index in [2.05, 4.69) is 20.7 Å². The topological polar surface area (TPSA) is 82.3 Å². The van der Waals surface area contributed by atoms with Crippen LogP contribution >= 0.6 is 11.9 Å². The highest BCUT2D eigenvalue weighted by Crippen LogP contribution is 2.30. The van der Waals surface area contributed by atoms with Crippen molar-refractivity contribution in [3.63, 3.8) is 0 Å². The molecule has 0 radical (unpaired) electrons. The minimum absolute atomic E-state index is 0.115. The zero-order valence-corrected chi connectivity index (χ0v) is 15.5. The van der Waals surface area contributed by atoms with Gasteiger partial charge in [-0.05, 0) is 38.0 Å². The van der Waals surface area contributed by atoms with Crippen LogP contribution in [-0.2, 0) is 9.84 Å². The maximum atomic E-state index is 11.7. The van der Waals surface area contributed by atoms with Crippen LogP contribution in [0.5, 0.6) is 0 Å². The molecule has 0 amide bonds. The highest BCUT2D eigenvalue weighted by Gasteiger charge is 2.34. The summed E-state index contributed by atoms with van der Waals surface area (Å²) < 4.78 is 26.7. The van der Waals surface area contributed by atoms with E-state index in [9.17, 15) is 8.42 Å². The maximum absolute atomic E-state index is 11.7. The largest absolute Gasteiger partial charge is 0.312 e. The summed E-state index contributed by atoms with van der Waals surface area (Å²) in [5, 5.41) is 11.5. The zero-order chi connectivity index (χ0) is 16.3. The van der Waals surface area contributed by atoms with Gasteiger partial charge in [0, 0.05) is 43.7 Å². The predicted octanol–water partition coefficient (Wildman–Crippen LogP) is 0.0770. The minimum Gasteiger partial charge on any atom is -0.312 e. The Morgan fingerprint density at radius 2 is 1.91 bits per heavy atom. The second-order valence-electron chi connectivity index (χ2n) is 7.18. The SMILES string of the molecule is CS(=O)(=O)C1CCC(C2CNCC(NCC3CCNS3)N2)CC1. The van der Waals surface area contributed by atoms with E-state index in [0.717, 1.165) is 51.9 Å². The summed E-state index contributed by atoms with van der Waals surface area (Å²) in [5.41, 5.74) is 0. The fourth-order valence-corrected chi connectivity index (χ4v) is 6.00. The summed E-state index contributed by atoms with van der Waals surface area (Å²) in [5.74, 6) is 0.590. The Bertz CT molecular complexity index is 474. The van der Waals surface area contributed by atoms with Gasteiger partial charge < -0.3 is 5.32 Å². The second-order valence-corrected chi connectivity index (χ2v) is 10.7. The molecule has 3 rings (SSSR count). The van der Waals surface area contributed by atoms with Gasteiger partial charge in [-0.1, -0.05) is 11.9 Å². The standard InChI is InChI=1S/C15H30N4O2S2/c1-23(20,21)13-4-2-11(3-5-13)14-9-16-10-15(19-14)17-8-12-6-7-18-22-12/h11-19H,2-10H2,1H3. The van der Waals surface area contributed by atoms with Gasteiger partial charge in [-0.25, -0.2) is 8.42 Å². The lowest BCUT2D eigenvalue weighted by molar-refractivity contribution is 0.202. The van der Waals surface area contributed by atoms with Gasteiger partial charge in [-0.2, -0.15) is 0 Å². The van der Waals surface area contributed by atoms with Gasteiger partial charge in [0.15, 0.2) is 0 Å². The molecule has 6 nitrogen and oxygen atoms in total. The predicted molar refractivity (Wildman–Crippen MR) is 96.2 cm³/mol. The van der Waals surface area contributed by atoms with Gasteiger partial charge in [0.05, 0.1) is 11.4 Å². The molecule has 0 aromatic carbocycles. The van der Waals surface area contributed by atoms with Crippen molar-refractivity contribution in [2.45, 2.75) is 54.8 Å². The molecule has 8 heteroatoms. The lowest BCUT2D eigenvalue weighted by Crippen LogP contribution is -2.63. The molecule has 3 fully saturated rings. The van der Waals surface area contributed by atoms with Crippen molar-refractivity contribution < 1.29 is 8.42 Å². The Morgan fingerprint density at radius 3 is 2.57 bits per heavy atom. The molecule has 23 heavy (non-hydrogen) atoms. The van der Waals surface area contributed by atoms with Crippen LogP contribution in [0, 0.1) is 5.92 Å². The Morgan fingerprint density at radius 1 is 1.13 bits per heavy atom. The molecule has 2 heterocycles. The lowest BCUT2D eigenvalue weighted by atomic mass is 9.83. The van der Waals surface area contributed by atoms with E-state index in [0.29, 0.717) is 23.4 Å². The Balaban J connectivity index is 1.43. The third kappa shape index (κ3) is 5.06. The summed E-state index contributed by atoms with van der Waals surface area (Å²) in [6, 6.07) is 0.455. The van der Waals surface area contributed by atoms with E-state index >= 15 is 0 Å². The van der Waals surface area contributed by atoms with E-state index < -0.39 is 9.84 Å². The van der Waals surface area contributed by atoms with Gasteiger partial charge in [0.2, 0.25) is 0 Å². The van der Waals surface area contributed by atoms with Crippen molar-refractivity contribution in [3.8, 4) is 0 Å². The van der Waals surface area contributed by atoms with Gasteiger partial charge >= 0.3 is 0 Å². The Hall–Kier alpha value is 0.140. The second kappa shape index (κ2) is 8.01. The van der Waals surface area contributed by atoms with Gasteiger partial charge in [0.1, 0.15) is 9.84 Å². The van der Waals surface area contributed by atoms with Crippen LogP contribution in [0.2, 0.25) is 0 Å². The molecule has 0 spiro atoms. The molecule has 0 aromatic heterocycles. The van der Waals surface area contributed by atoms with Crippen molar-refractivity contribution in [2.24, 2.45) is 5.92 Å². The molecule has 4 N–H and O–H groups in total. The average Bonchev–Trinajstić information content (AvgIpc) is 3.06. The number of piperazine rings is 1. The number of rotatable bonds is 5. The minimum atomic E-state index is -2.87. The molecule has 1 saturated carbocycles. The molecule has 0 aromatic rings.